The molecule has 1 aliphatic heterocycles. The Bertz CT molecular complexity index is 589. The fourth-order valence-corrected chi connectivity index (χ4v) is 2.55. The Balaban J connectivity index is 2.48. The average molecular weight is 289 g/mol. The van der Waals surface area contributed by atoms with Crippen LogP contribution in [0, 0.1) is 0 Å². The van der Waals surface area contributed by atoms with Gasteiger partial charge in [-0.05, 0) is 24.6 Å². The Labute approximate surface area is 124 Å². The number of carbonyl (C=O) groups is 2. The van der Waals surface area contributed by atoms with Crippen LogP contribution in [-0.2, 0) is 14.3 Å². The van der Waals surface area contributed by atoms with E-state index in [0.717, 1.165) is 11.3 Å². The molecule has 0 aromatic heterocycles. The lowest BCUT2D eigenvalue weighted by molar-refractivity contribution is -0.137. The van der Waals surface area contributed by atoms with Crippen LogP contribution in [0.3, 0.4) is 0 Å². The molecule has 0 radical (unpaired) electrons. The lowest BCUT2D eigenvalue weighted by Crippen LogP contribution is -2.35. The maximum Gasteiger partial charge on any atom is 0.336 e. The summed E-state index contributed by atoms with van der Waals surface area (Å²) in [5.41, 5.74) is 2.07. The highest BCUT2D eigenvalue weighted by Crippen LogP contribution is 2.36. The van der Waals surface area contributed by atoms with Crippen molar-refractivity contribution in [2.75, 3.05) is 21.3 Å². The largest absolute Gasteiger partial charge is 0.497 e. The summed E-state index contributed by atoms with van der Waals surface area (Å²) in [5.74, 6) is 0.0408. The number of carbonyl (C=O) groups excluding carboxylic acids is 2. The molecule has 1 amide bonds. The van der Waals surface area contributed by atoms with Gasteiger partial charge in [-0.2, -0.15) is 0 Å². The molecular formula is C16H19NO4. The molecule has 1 heterocycles. The second kappa shape index (κ2) is 5.99. The monoisotopic (exact) mass is 289 g/mol. The summed E-state index contributed by atoms with van der Waals surface area (Å²) < 4.78 is 10.0. The van der Waals surface area contributed by atoms with E-state index in [1.165, 1.54) is 12.0 Å². The summed E-state index contributed by atoms with van der Waals surface area (Å²) in [4.78, 5) is 25.7. The maximum atomic E-state index is 12.1. The number of methoxy groups -OCH3 is 2. The number of allylic oxidation sites excluding steroid dienone is 1. The van der Waals surface area contributed by atoms with Gasteiger partial charge < -0.3 is 14.4 Å². The normalized spacial score (nSPS) is 18.8. The van der Waals surface area contributed by atoms with E-state index in [4.69, 9.17) is 9.47 Å². The third-order valence-corrected chi connectivity index (χ3v) is 3.92. The van der Waals surface area contributed by atoms with E-state index in [-0.39, 0.29) is 18.2 Å². The molecule has 0 N–H and O–H groups in total. The van der Waals surface area contributed by atoms with Crippen LogP contribution in [0.4, 0.5) is 0 Å². The first-order valence-corrected chi connectivity index (χ1v) is 6.69. The molecule has 0 spiro atoms. The maximum absolute atomic E-state index is 12.1. The molecule has 2 rings (SSSR count). The van der Waals surface area contributed by atoms with E-state index < -0.39 is 5.97 Å². The average Bonchev–Trinajstić information content (AvgIpc) is 2.51. The third-order valence-electron chi connectivity index (χ3n) is 3.92. The minimum absolute atomic E-state index is 0.0130. The van der Waals surface area contributed by atoms with Gasteiger partial charge in [-0.3, -0.25) is 4.79 Å². The summed E-state index contributed by atoms with van der Waals surface area (Å²) in [5, 5.41) is 0. The zero-order valence-corrected chi connectivity index (χ0v) is 12.7. The lowest BCUT2D eigenvalue weighted by Gasteiger charge is -2.31. The summed E-state index contributed by atoms with van der Waals surface area (Å²) >= 11 is 0. The zero-order chi connectivity index (χ0) is 15.6. The molecule has 5 heteroatoms. The van der Waals surface area contributed by atoms with E-state index >= 15 is 0 Å². The van der Waals surface area contributed by atoms with Crippen molar-refractivity contribution in [1.29, 1.82) is 0 Å². The molecule has 112 valence electrons. The van der Waals surface area contributed by atoms with Gasteiger partial charge in [0, 0.05) is 25.1 Å². The number of esters is 1. The molecule has 5 nitrogen and oxygen atoms in total. The first kappa shape index (κ1) is 15.1. The van der Waals surface area contributed by atoms with Crippen molar-refractivity contribution in [2.24, 2.45) is 0 Å². The second-order valence-corrected chi connectivity index (χ2v) is 4.97. The van der Waals surface area contributed by atoms with Gasteiger partial charge in [0.15, 0.2) is 0 Å². The van der Waals surface area contributed by atoms with Crippen molar-refractivity contribution >= 4 is 11.9 Å². The Hall–Kier alpha value is -2.30. The molecule has 1 aliphatic rings. The van der Waals surface area contributed by atoms with Gasteiger partial charge in [0.05, 0.1) is 19.8 Å². The molecule has 1 aromatic rings. The predicted molar refractivity (Wildman–Crippen MR) is 77.8 cm³/mol. The summed E-state index contributed by atoms with van der Waals surface area (Å²) in [7, 11) is 4.62. The lowest BCUT2D eigenvalue weighted by atomic mass is 9.84. The quantitative estimate of drug-likeness (QED) is 0.800. The fraction of sp³-hybridized carbons (Fsp3) is 0.375. The highest BCUT2D eigenvalue weighted by Gasteiger charge is 2.35. The van der Waals surface area contributed by atoms with E-state index in [2.05, 4.69) is 0 Å². The highest BCUT2D eigenvalue weighted by molar-refractivity contribution is 5.95. The number of amides is 1. The summed E-state index contributed by atoms with van der Waals surface area (Å²) in [6.07, 6.45) is 0.255. The highest BCUT2D eigenvalue weighted by atomic mass is 16.5. The smallest absolute Gasteiger partial charge is 0.336 e. The zero-order valence-electron chi connectivity index (χ0n) is 12.7. The molecule has 0 aliphatic carbocycles. The number of hydrogen-bond donors (Lipinski definition) is 0. The fourth-order valence-electron chi connectivity index (χ4n) is 2.55. The molecule has 1 unspecified atom stereocenters. The van der Waals surface area contributed by atoms with Crippen molar-refractivity contribution in [3.63, 3.8) is 0 Å². The number of nitrogens with zero attached hydrogens (tertiary/aromatic N) is 1. The van der Waals surface area contributed by atoms with Crippen LogP contribution in [-0.4, -0.2) is 38.0 Å². The minimum atomic E-state index is -0.396. The Morgan fingerprint density at radius 2 is 1.86 bits per heavy atom. The Morgan fingerprint density at radius 1 is 1.24 bits per heavy atom. The molecule has 0 saturated carbocycles. The third kappa shape index (κ3) is 2.77. The van der Waals surface area contributed by atoms with Gasteiger partial charge in [-0.1, -0.05) is 12.1 Å². The van der Waals surface area contributed by atoms with Gasteiger partial charge in [0.25, 0.3) is 0 Å². The molecule has 0 bridgehead atoms. The number of ether oxygens (including phenoxy) is 2. The number of benzene rings is 1. The van der Waals surface area contributed by atoms with Gasteiger partial charge in [-0.15, -0.1) is 0 Å². The molecule has 1 aromatic carbocycles. The summed E-state index contributed by atoms with van der Waals surface area (Å²) in [6, 6.07) is 7.39. The topological polar surface area (TPSA) is 55.8 Å². The summed E-state index contributed by atoms with van der Waals surface area (Å²) in [6.45, 7) is 1.76. The van der Waals surface area contributed by atoms with Crippen molar-refractivity contribution in [2.45, 2.75) is 19.3 Å². The van der Waals surface area contributed by atoms with Crippen molar-refractivity contribution in [3.05, 3.63) is 41.1 Å². The van der Waals surface area contributed by atoms with Crippen LogP contribution >= 0.6 is 0 Å². The number of rotatable bonds is 3. The van der Waals surface area contributed by atoms with E-state index in [1.54, 1.807) is 21.1 Å². The number of hydrogen-bond acceptors (Lipinski definition) is 4. The van der Waals surface area contributed by atoms with Crippen molar-refractivity contribution < 1.29 is 19.1 Å². The van der Waals surface area contributed by atoms with Gasteiger partial charge in [0.2, 0.25) is 5.91 Å². The van der Waals surface area contributed by atoms with E-state index in [1.807, 2.05) is 24.3 Å². The Morgan fingerprint density at radius 3 is 2.38 bits per heavy atom. The standard InChI is InChI=1S/C16H19NO4/c1-10-15(16(19)21-4)13(9-14(18)17(10)2)11-5-7-12(20-3)8-6-11/h5-8,13H,9H2,1-4H3. The molecular weight excluding hydrogens is 270 g/mol. The van der Waals surface area contributed by atoms with Crippen LogP contribution in [0.2, 0.25) is 0 Å². The second-order valence-electron chi connectivity index (χ2n) is 4.97. The van der Waals surface area contributed by atoms with Gasteiger partial charge >= 0.3 is 5.97 Å². The first-order chi connectivity index (χ1) is 9.99. The predicted octanol–water partition coefficient (Wildman–Crippen LogP) is 2.09. The Kier molecular flexibility index (Phi) is 4.31. The first-order valence-electron chi connectivity index (χ1n) is 6.69. The van der Waals surface area contributed by atoms with Gasteiger partial charge in [0.1, 0.15) is 5.75 Å². The van der Waals surface area contributed by atoms with Crippen molar-refractivity contribution in [3.8, 4) is 5.75 Å². The SMILES string of the molecule is COC(=O)C1=C(C)N(C)C(=O)CC1c1ccc(OC)cc1. The molecule has 0 saturated heterocycles. The van der Waals surface area contributed by atoms with Crippen LogP contribution in [0.15, 0.2) is 35.5 Å². The van der Waals surface area contributed by atoms with Crippen LogP contribution in [0.1, 0.15) is 24.8 Å². The van der Waals surface area contributed by atoms with Gasteiger partial charge in [-0.25, -0.2) is 4.79 Å². The van der Waals surface area contributed by atoms with E-state index in [9.17, 15) is 9.59 Å². The molecule has 21 heavy (non-hydrogen) atoms. The molecule has 1 atom stereocenters. The van der Waals surface area contributed by atoms with Crippen molar-refractivity contribution in [1.82, 2.24) is 4.90 Å². The minimum Gasteiger partial charge on any atom is -0.497 e. The van der Waals surface area contributed by atoms with E-state index in [0.29, 0.717) is 11.3 Å². The van der Waals surface area contributed by atoms with Crippen LogP contribution in [0.25, 0.3) is 0 Å². The van der Waals surface area contributed by atoms with Crippen LogP contribution in [0.5, 0.6) is 5.75 Å². The van der Waals surface area contributed by atoms with Crippen LogP contribution < -0.4 is 4.74 Å². The molecule has 0 fully saturated rings.